The summed E-state index contributed by atoms with van der Waals surface area (Å²) in [6.07, 6.45) is 1.56. The highest BCUT2D eigenvalue weighted by Crippen LogP contribution is 2.26. The number of carbonyl (C=O) groups excluding carboxylic acids is 1. The average molecular weight is 397 g/mol. The van der Waals surface area contributed by atoms with Crippen LogP contribution in [-0.2, 0) is 11.3 Å². The number of hydrogen-bond donors (Lipinski definition) is 0. The van der Waals surface area contributed by atoms with Gasteiger partial charge < -0.3 is 13.6 Å². The van der Waals surface area contributed by atoms with Crippen molar-refractivity contribution in [3.8, 4) is 22.9 Å². The maximum absolute atomic E-state index is 12.9. The van der Waals surface area contributed by atoms with E-state index in [1.807, 2.05) is 54.6 Å². The molecule has 2 aromatic carbocycles. The number of nitrogens with zero attached hydrogens (tertiary/aromatic N) is 3. The standard InChI is InChI=1S/C23H15N3O4/c27-23(29-14-21-25-26-22(30-21)15-7-2-1-3-8-15)17-13-19(20-11-6-12-28-20)24-18-10-5-4-9-16(17)18/h1-13H,14H2. The van der Waals surface area contributed by atoms with Gasteiger partial charge in [-0.2, -0.15) is 0 Å². The van der Waals surface area contributed by atoms with E-state index in [9.17, 15) is 4.79 Å². The Kier molecular flexibility index (Phi) is 4.53. The van der Waals surface area contributed by atoms with Crippen molar-refractivity contribution in [3.05, 3.63) is 90.5 Å². The summed E-state index contributed by atoms with van der Waals surface area (Å²) in [5, 5.41) is 8.65. The van der Waals surface area contributed by atoms with E-state index in [4.69, 9.17) is 13.6 Å². The number of ether oxygens (including phenoxy) is 1. The van der Waals surface area contributed by atoms with Crippen molar-refractivity contribution in [2.45, 2.75) is 6.61 Å². The fourth-order valence-electron chi connectivity index (χ4n) is 3.11. The summed E-state index contributed by atoms with van der Waals surface area (Å²) >= 11 is 0. The van der Waals surface area contributed by atoms with Gasteiger partial charge in [0.2, 0.25) is 5.89 Å². The molecule has 0 bridgehead atoms. The van der Waals surface area contributed by atoms with E-state index in [0.717, 1.165) is 5.56 Å². The lowest BCUT2D eigenvalue weighted by Crippen LogP contribution is -2.07. The monoisotopic (exact) mass is 397 g/mol. The van der Waals surface area contributed by atoms with Gasteiger partial charge in [-0.15, -0.1) is 10.2 Å². The van der Waals surface area contributed by atoms with Gasteiger partial charge in [-0.3, -0.25) is 0 Å². The van der Waals surface area contributed by atoms with Crippen LogP contribution in [0.1, 0.15) is 16.2 Å². The largest absolute Gasteiger partial charge is 0.463 e. The number of rotatable bonds is 5. The first-order valence-electron chi connectivity index (χ1n) is 9.26. The van der Waals surface area contributed by atoms with Crippen molar-refractivity contribution in [1.82, 2.24) is 15.2 Å². The van der Waals surface area contributed by atoms with Gasteiger partial charge in [0.05, 0.1) is 17.3 Å². The minimum Gasteiger partial charge on any atom is -0.463 e. The van der Waals surface area contributed by atoms with Crippen LogP contribution in [-0.4, -0.2) is 21.2 Å². The summed E-state index contributed by atoms with van der Waals surface area (Å²) < 4.78 is 16.5. The minimum atomic E-state index is -0.513. The number of para-hydroxylation sites is 1. The Morgan fingerprint density at radius 3 is 2.60 bits per heavy atom. The SMILES string of the molecule is O=C(OCc1nnc(-c2ccccc2)o1)c1cc(-c2ccco2)nc2ccccc12. The zero-order chi connectivity index (χ0) is 20.3. The van der Waals surface area contributed by atoms with Crippen LogP contribution in [0.3, 0.4) is 0 Å². The highest BCUT2D eigenvalue weighted by molar-refractivity contribution is 6.04. The number of esters is 1. The van der Waals surface area contributed by atoms with Crippen LogP contribution in [0.4, 0.5) is 0 Å². The van der Waals surface area contributed by atoms with Crippen molar-refractivity contribution >= 4 is 16.9 Å². The number of furan rings is 1. The average Bonchev–Trinajstić information content (AvgIpc) is 3.50. The van der Waals surface area contributed by atoms with Gasteiger partial charge in [0.1, 0.15) is 5.69 Å². The molecule has 7 heteroatoms. The zero-order valence-electron chi connectivity index (χ0n) is 15.7. The summed E-state index contributed by atoms with van der Waals surface area (Å²) in [4.78, 5) is 17.4. The van der Waals surface area contributed by atoms with Crippen LogP contribution in [0.15, 0.2) is 87.9 Å². The molecule has 0 atom stereocenters. The Bertz CT molecular complexity index is 1310. The molecule has 30 heavy (non-hydrogen) atoms. The maximum atomic E-state index is 12.9. The molecule has 0 radical (unpaired) electrons. The summed E-state index contributed by atoms with van der Waals surface area (Å²) in [5.41, 5.74) is 2.40. The van der Waals surface area contributed by atoms with E-state index in [0.29, 0.717) is 33.8 Å². The molecule has 0 aliphatic heterocycles. The Morgan fingerprint density at radius 1 is 0.933 bits per heavy atom. The third-order valence-corrected chi connectivity index (χ3v) is 4.52. The number of pyridine rings is 1. The Hall–Kier alpha value is -4.26. The first kappa shape index (κ1) is 17.8. The molecule has 7 nitrogen and oxygen atoms in total. The molecule has 5 aromatic rings. The highest BCUT2D eigenvalue weighted by Gasteiger charge is 2.17. The molecule has 0 aliphatic rings. The summed E-state index contributed by atoms with van der Waals surface area (Å²) in [6, 6.07) is 22.0. The quantitative estimate of drug-likeness (QED) is 0.389. The first-order chi connectivity index (χ1) is 14.8. The number of aromatic nitrogens is 3. The Labute approximate surface area is 171 Å². The maximum Gasteiger partial charge on any atom is 0.339 e. The molecular weight excluding hydrogens is 382 g/mol. The van der Waals surface area contributed by atoms with Gasteiger partial charge in [-0.05, 0) is 36.4 Å². The summed E-state index contributed by atoms with van der Waals surface area (Å²) in [6.45, 7) is -0.134. The van der Waals surface area contributed by atoms with Crippen LogP contribution in [0.25, 0.3) is 33.8 Å². The van der Waals surface area contributed by atoms with Gasteiger partial charge in [-0.1, -0.05) is 36.4 Å². The van der Waals surface area contributed by atoms with Gasteiger partial charge in [0.15, 0.2) is 12.4 Å². The Morgan fingerprint density at radius 2 is 1.77 bits per heavy atom. The minimum absolute atomic E-state index is 0.134. The smallest absolute Gasteiger partial charge is 0.339 e. The molecule has 0 saturated heterocycles. The lowest BCUT2D eigenvalue weighted by molar-refractivity contribution is 0.0441. The van der Waals surface area contributed by atoms with Gasteiger partial charge in [0.25, 0.3) is 5.89 Å². The second-order valence-corrected chi connectivity index (χ2v) is 6.49. The van der Waals surface area contributed by atoms with Crippen molar-refractivity contribution in [3.63, 3.8) is 0 Å². The molecule has 146 valence electrons. The van der Waals surface area contributed by atoms with Crippen LogP contribution >= 0.6 is 0 Å². The Balaban J connectivity index is 1.41. The van der Waals surface area contributed by atoms with E-state index >= 15 is 0 Å². The molecule has 0 N–H and O–H groups in total. The molecule has 0 spiro atoms. The zero-order valence-corrected chi connectivity index (χ0v) is 15.7. The van der Waals surface area contributed by atoms with Gasteiger partial charge >= 0.3 is 5.97 Å². The highest BCUT2D eigenvalue weighted by atomic mass is 16.5. The van der Waals surface area contributed by atoms with Crippen molar-refractivity contribution < 1.29 is 18.4 Å². The lowest BCUT2D eigenvalue weighted by Gasteiger charge is -2.08. The van der Waals surface area contributed by atoms with Crippen LogP contribution < -0.4 is 0 Å². The molecule has 0 amide bonds. The fourth-order valence-corrected chi connectivity index (χ4v) is 3.11. The number of carbonyl (C=O) groups is 1. The molecule has 0 fully saturated rings. The summed E-state index contributed by atoms with van der Waals surface area (Å²) in [7, 11) is 0. The van der Waals surface area contributed by atoms with Gasteiger partial charge in [-0.25, -0.2) is 9.78 Å². The molecule has 0 aliphatic carbocycles. The number of hydrogen-bond acceptors (Lipinski definition) is 7. The van der Waals surface area contributed by atoms with Crippen molar-refractivity contribution in [2.75, 3.05) is 0 Å². The van der Waals surface area contributed by atoms with E-state index in [-0.39, 0.29) is 12.5 Å². The third kappa shape index (κ3) is 3.44. The number of fused-ring (bicyclic) bond motifs is 1. The van der Waals surface area contributed by atoms with Crippen molar-refractivity contribution in [2.24, 2.45) is 0 Å². The molecule has 5 rings (SSSR count). The van der Waals surface area contributed by atoms with Crippen molar-refractivity contribution in [1.29, 1.82) is 0 Å². The fraction of sp³-hybridized carbons (Fsp3) is 0.0435. The van der Waals surface area contributed by atoms with E-state index in [2.05, 4.69) is 15.2 Å². The molecule has 0 saturated carbocycles. The summed E-state index contributed by atoms with van der Waals surface area (Å²) in [5.74, 6) is 0.642. The molecule has 0 unspecified atom stereocenters. The second kappa shape index (κ2) is 7.63. The first-order valence-corrected chi connectivity index (χ1v) is 9.26. The van der Waals surface area contributed by atoms with Crippen LogP contribution in [0, 0.1) is 0 Å². The third-order valence-electron chi connectivity index (χ3n) is 4.52. The molecular formula is C23H15N3O4. The van der Waals surface area contributed by atoms with Gasteiger partial charge in [0, 0.05) is 10.9 Å². The number of benzene rings is 2. The van der Waals surface area contributed by atoms with E-state index < -0.39 is 5.97 Å². The second-order valence-electron chi connectivity index (χ2n) is 6.49. The van der Waals surface area contributed by atoms with E-state index in [1.165, 1.54) is 0 Å². The van der Waals surface area contributed by atoms with E-state index in [1.54, 1.807) is 24.5 Å². The van der Waals surface area contributed by atoms with Crippen LogP contribution in [0.5, 0.6) is 0 Å². The normalized spacial score (nSPS) is 10.9. The van der Waals surface area contributed by atoms with Crippen LogP contribution in [0.2, 0.25) is 0 Å². The molecule has 3 heterocycles. The predicted molar refractivity (Wildman–Crippen MR) is 108 cm³/mol. The molecule has 3 aromatic heterocycles. The topological polar surface area (TPSA) is 91.2 Å². The lowest BCUT2D eigenvalue weighted by atomic mass is 10.1. The predicted octanol–water partition coefficient (Wildman–Crippen LogP) is 4.90.